The van der Waals surface area contributed by atoms with E-state index in [4.69, 9.17) is 9.47 Å². The van der Waals surface area contributed by atoms with Crippen molar-refractivity contribution in [2.24, 2.45) is 0 Å². The molecular weight excluding hydrogens is 430 g/mol. The summed E-state index contributed by atoms with van der Waals surface area (Å²) in [5, 5.41) is 2.93. The van der Waals surface area contributed by atoms with Crippen LogP contribution in [0.2, 0.25) is 0 Å². The molecule has 1 aliphatic carbocycles. The maximum atomic E-state index is 13.2. The second kappa shape index (κ2) is 7.52. The van der Waals surface area contributed by atoms with Gasteiger partial charge in [-0.2, -0.15) is 0 Å². The van der Waals surface area contributed by atoms with Crippen LogP contribution in [0.1, 0.15) is 18.4 Å². The highest BCUT2D eigenvalue weighted by atomic mass is 32.2. The van der Waals surface area contributed by atoms with Crippen LogP contribution < -0.4 is 19.5 Å². The van der Waals surface area contributed by atoms with E-state index in [0.717, 1.165) is 24.7 Å². The summed E-state index contributed by atoms with van der Waals surface area (Å²) in [5.74, 6) is 1.59. The fourth-order valence-corrected chi connectivity index (χ4v) is 4.43. The molecule has 2 N–H and O–H groups in total. The second-order valence-corrected chi connectivity index (χ2v) is 9.68. The summed E-state index contributed by atoms with van der Waals surface area (Å²) >= 11 is 0. The molecule has 0 unspecified atom stereocenters. The van der Waals surface area contributed by atoms with Crippen molar-refractivity contribution >= 4 is 27.4 Å². The number of carbonyl (C=O) groups excluding carboxylic acids is 1. The van der Waals surface area contributed by atoms with Gasteiger partial charge in [0, 0.05) is 5.56 Å². The number of nitrogens with one attached hydrogen (secondary N) is 2. The molecule has 5 rings (SSSR count). The molecule has 8 nitrogen and oxygen atoms in total. The molecule has 1 aliphatic heterocycles. The predicted octanol–water partition coefficient (Wildman–Crippen LogP) is 3.52. The van der Waals surface area contributed by atoms with Gasteiger partial charge < -0.3 is 14.8 Å². The van der Waals surface area contributed by atoms with Gasteiger partial charge in [0.2, 0.25) is 22.7 Å². The Balaban J connectivity index is 1.40. The molecule has 2 aliphatic rings. The Hall–Kier alpha value is -3.59. The molecular formula is C23H21N3O5S. The maximum absolute atomic E-state index is 13.2. The molecule has 1 aromatic heterocycles. The molecule has 1 saturated carbocycles. The molecule has 3 aromatic rings. The number of sulfonamides is 1. The highest BCUT2D eigenvalue weighted by Crippen LogP contribution is 2.51. The van der Waals surface area contributed by atoms with Gasteiger partial charge in [0.25, 0.3) is 0 Å². The molecule has 0 atom stereocenters. The average Bonchev–Trinajstić information content (AvgIpc) is 3.44. The summed E-state index contributed by atoms with van der Waals surface area (Å²) < 4.78 is 36.8. The molecule has 0 spiro atoms. The number of amides is 1. The average molecular weight is 452 g/mol. The molecule has 1 amide bonds. The van der Waals surface area contributed by atoms with E-state index < -0.39 is 15.4 Å². The number of pyridine rings is 1. The molecule has 164 valence electrons. The largest absolute Gasteiger partial charge is 0.454 e. The van der Waals surface area contributed by atoms with E-state index in [1.807, 2.05) is 18.2 Å². The molecule has 0 radical (unpaired) electrons. The van der Waals surface area contributed by atoms with E-state index in [-0.39, 0.29) is 12.7 Å². The van der Waals surface area contributed by atoms with Gasteiger partial charge in [0.15, 0.2) is 11.5 Å². The number of fused-ring (bicyclic) bond motifs is 1. The first kappa shape index (κ1) is 20.3. The number of ether oxygens (including phenoxy) is 2. The van der Waals surface area contributed by atoms with Crippen LogP contribution in [0, 0.1) is 0 Å². The zero-order valence-corrected chi connectivity index (χ0v) is 18.1. The van der Waals surface area contributed by atoms with Gasteiger partial charge in [-0.05, 0) is 48.7 Å². The predicted molar refractivity (Wildman–Crippen MR) is 120 cm³/mol. The van der Waals surface area contributed by atoms with Crippen molar-refractivity contribution in [3.63, 3.8) is 0 Å². The number of anilines is 2. The van der Waals surface area contributed by atoms with E-state index in [9.17, 15) is 13.2 Å². The van der Waals surface area contributed by atoms with Crippen LogP contribution in [0.4, 0.5) is 11.5 Å². The van der Waals surface area contributed by atoms with Crippen molar-refractivity contribution in [2.75, 3.05) is 23.1 Å². The molecule has 1 fully saturated rings. The van der Waals surface area contributed by atoms with Gasteiger partial charge in [-0.15, -0.1) is 0 Å². The first-order valence-corrected chi connectivity index (χ1v) is 12.0. The Kier molecular flexibility index (Phi) is 4.78. The Morgan fingerprint density at radius 3 is 2.56 bits per heavy atom. The number of benzene rings is 2. The second-order valence-electron chi connectivity index (χ2n) is 7.93. The number of hydrogen-bond acceptors (Lipinski definition) is 6. The number of aromatic nitrogens is 1. The highest BCUT2D eigenvalue weighted by molar-refractivity contribution is 7.92. The van der Waals surface area contributed by atoms with E-state index >= 15 is 0 Å². The summed E-state index contributed by atoms with van der Waals surface area (Å²) in [6, 6.07) is 17.8. The highest BCUT2D eigenvalue weighted by Gasteiger charge is 2.51. The van der Waals surface area contributed by atoms with E-state index in [1.165, 1.54) is 0 Å². The minimum absolute atomic E-state index is 0.136. The first-order valence-electron chi connectivity index (χ1n) is 10.1. The summed E-state index contributed by atoms with van der Waals surface area (Å²) in [4.78, 5) is 17.7. The van der Waals surface area contributed by atoms with Crippen LogP contribution in [-0.2, 0) is 20.2 Å². The van der Waals surface area contributed by atoms with Crippen LogP contribution in [-0.4, -0.2) is 32.4 Å². The zero-order valence-electron chi connectivity index (χ0n) is 17.3. The number of carbonyl (C=O) groups is 1. The molecule has 0 saturated heterocycles. The lowest BCUT2D eigenvalue weighted by molar-refractivity contribution is -0.118. The summed E-state index contributed by atoms with van der Waals surface area (Å²) in [6.45, 7) is 0.185. The third-order valence-electron chi connectivity index (χ3n) is 5.60. The third kappa shape index (κ3) is 3.87. The van der Waals surface area contributed by atoms with E-state index in [2.05, 4.69) is 15.0 Å². The Labute approximate surface area is 185 Å². The summed E-state index contributed by atoms with van der Waals surface area (Å²) in [5.41, 5.74) is 1.85. The quantitative estimate of drug-likeness (QED) is 0.594. The van der Waals surface area contributed by atoms with Crippen LogP contribution in [0.15, 0.2) is 60.7 Å². The SMILES string of the molecule is CS(=O)(=O)Nc1ccccc1-c1cccc(NC(=O)C2(c3ccc4c(c3)OCO4)CC2)n1. The van der Waals surface area contributed by atoms with Crippen molar-refractivity contribution in [2.45, 2.75) is 18.3 Å². The van der Waals surface area contributed by atoms with Crippen LogP contribution in [0.3, 0.4) is 0 Å². The topological polar surface area (TPSA) is 107 Å². The van der Waals surface area contributed by atoms with Crippen molar-refractivity contribution in [3.05, 3.63) is 66.2 Å². The lowest BCUT2D eigenvalue weighted by Gasteiger charge is -2.16. The van der Waals surface area contributed by atoms with E-state index in [1.54, 1.807) is 42.5 Å². The molecule has 2 heterocycles. The minimum Gasteiger partial charge on any atom is -0.454 e. The molecule has 9 heteroatoms. The lowest BCUT2D eigenvalue weighted by atomic mass is 9.94. The third-order valence-corrected chi connectivity index (χ3v) is 6.19. The smallest absolute Gasteiger partial charge is 0.236 e. The molecule has 2 aromatic carbocycles. The normalized spacial score (nSPS) is 15.8. The van der Waals surface area contributed by atoms with Gasteiger partial charge in [-0.25, -0.2) is 13.4 Å². The Morgan fingerprint density at radius 1 is 1.00 bits per heavy atom. The van der Waals surface area contributed by atoms with Crippen molar-refractivity contribution in [1.82, 2.24) is 4.98 Å². The van der Waals surface area contributed by atoms with Gasteiger partial charge in [0.05, 0.1) is 23.1 Å². The summed E-state index contributed by atoms with van der Waals surface area (Å²) in [6.07, 6.45) is 2.57. The fourth-order valence-electron chi connectivity index (χ4n) is 3.85. The Bertz CT molecular complexity index is 1320. The first-order chi connectivity index (χ1) is 15.3. The molecule has 0 bridgehead atoms. The van der Waals surface area contributed by atoms with Crippen LogP contribution in [0.25, 0.3) is 11.3 Å². The van der Waals surface area contributed by atoms with Gasteiger partial charge in [-0.3, -0.25) is 9.52 Å². The monoisotopic (exact) mass is 451 g/mol. The van der Waals surface area contributed by atoms with E-state index in [0.29, 0.717) is 34.3 Å². The number of nitrogens with zero attached hydrogens (tertiary/aromatic N) is 1. The Morgan fingerprint density at radius 2 is 1.78 bits per heavy atom. The van der Waals surface area contributed by atoms with Gasteiger partial charge in [-0.1, -0.05) is 30.3 Å². The lowest BCUT2D eigenvalue weighted by Crippen LogP contribution is -2.28. The summed E-state index contributed by atoms with van der Waals surface area (Å²) in [7, 11) is -3.45. The van der Waals surface area contributed by atoms with Crippen LogP contribution >= 0.6 is 0 Å². The number of rotatable bonds is 6. The van der Waals surface area contributed by atoms with Crippen LogP contribution in [0.5, 0.6) is 11.5 Å². The zero-order chi connectivity index (χ0) is 22.3. The van der Waals surface area contributed by atoms with Crippen molar-refractivity contribution < 1.29 is 22.7 Å². The van der Waals surface area contributed by atoms with Gasteiger partial charge >= 0.3 is 0 Å². The molecule has 32 heavy (non-hydrogen) atoms. The number of para-hydroxylation sites is 1. The standard InChI is InChI=1S/C23H21N3O5S/c1-32(28,29)26-18-6-3-2-5-16(18)17-7-4-8-21(24-17)25-22(27)23(11-12-23)15-9-10-19-20(13-15)31-14-30-19/h2-10,13,26H,11-12,14H2,1H3,(H,24,25,27). The minimum atomic E-state index is -3.45. The van der Waals surface area contributed by atoms with Gasteiger partial charge in [0.1, 0.15) is 5.82 Å². The fraction of sp³-hybridized carbons (Fsp3) is 0.217. The maximum Gasteiger partial charge on any atom is 0.236 e. The number of hydrogen-bond donors (Lipinski definition) is 2. The van der Waals surface area contributed by atoms with Crippen molar-refractivity contribution in [3.8, 4) is 22.8 Å². The van der Waals surface area contributed by atoms with Crippen molar-refractivity contribution in [1.29, 1.82) is 0 Å².